The van der Waals surface area contributed by atoms with Crippen molar-refractivity contribution in [2.45, 2.75) is 6.42 Å². The van der Waals surface area contributed by atoms with E-state index in [1.54, 1.807) is 18.1 Å². The third-order valence-corrected chi connectivity index (χ3v) is 5.93. The lowest BCUT2D eigenvalue weighted by Gasteiger charge is -2.33. The summed E-state index contributed by atoms with van der Waals surface area (Å²) in [7, 11) is 1.60. The summed E-state index contributed by atoms with van der Waals surface area (Å²) in [5.74, 6) is -0.489. The van der Waals surface area contributed by atoms with Gasteiger partial charge in [-0.1, -0.05) is 18.2 Å². The van der Waals surface area contributed by atoms with E-state index in [4.69, 9.17) is 9.47 Å². The van der Waals surface area contributed by atoms with Crippen LogP contribution in [0.25, 0.3) is 0 Å². The largest absolute Gasteiger partial charge is 0.497 e. The van der Waals surface area contributed by atoms with E-state index in [1.807, 2.05) is 42.5 Å². The molecule has 2 atom stereocenters. The van der Waals surface area contributed by atoms with Gasteiger partial charge in [0.25, 0.3) is 5.91 Å². The van der Waals surface area contributed by atoms with Crippen LogP contribution in [0.5, 0.6) is 5.75 Å². The van der Waals surface area contributed by atoms with Gasteiger partial charge in [-0.3, -0.25) is 9.59 Å². The molecule has 2 fully saturated rings. The highest BCUT2D eigenvalue weighted by Gasteiger charge is 2.55. The first-order chi connectivity index (χ1) is 14.0. The smallest absolute Gasteiger partial charge is 0.311 e. The van der Waals surface area contributed by atoms with Gasteiger partial charge in [0.05, 0.1) is 30.4 Å². The van der Waals surface area contributed by atoms with E-state index < -0.39 is 11.4 Å². The highest BCUT2D eigenvalue weighted by molar-refractivity contribution is 6.01. The number of para-hydroxylation sites is 1. The van der Waals surface area contributed by atoms with Gasteiger partial charge in [-0.15, -0.1) is 0 Å². The topological polar surface area (TPSA) is 88.1 Å². The molecule has 7 heteroatoms. The van der Waals surface area contributed by atoms with Gasteiger partial charge in [0, 0.05) is 37.4 Å². The number of fused-ring (bicyclic) bond motifs is 1. The Hall–Kier alpha value is -3.06. The van der Waals surface area contributed by atoms with E-state index in [0.29, 0.717) is 43.2 Å². The van der Waals surface area contributed by atoms with E-state index in [1.165, 1.54) is 0 Å². The van der Waals surface area contributed by atoms with E-state index in [-0.39, 0.29) is 18.4 Å². The molecule has 0 bridgehead atoms. The highest BCUT2D eigenvalue weighted by atomic mass is 16.5. The molecule has 2 N–H and O–H groups in total. The maximum Gasteiger partial charge on any atom is 0.311 e. The van der Waals surface area contributed by atoms with Crippen molar-refractivity contribution in [1.29, 1.82) is 0 Å². The number of ether oxygens (including phenoxy) is 2. The van der Waals surface area contributed by atoms with E-state index in [9.17, 15) is 14.7 Å². The fraction of sp³-hybridized carbons (Fsp3) is 0.364. The van der Waals surface area contributed by atoms with Crippen LogP contribution < -0.4 is 10.1 Å². The Bertz CT molecular complexity index is 931. The Labute approximate surface area is 169 Å². The van der Waals surface area contributed by atoms with Gasteiger partial charge in [0.15, 0.2) is 0 Å². The van der Waals surface area contributed by atoms with Crippen LogP contribution in [0.1, 0.15) is 16.8 Å². The van der Waals surface area contributed by atoms with Gasteiger partial charge >= 0.3 is 5.97 Å². The van der Waals surface area contributed by atoms with Crippen molar-refractivity contribution in [1.82, 2.24) is 4.90 Å². The van der Waals surface area contributed by atoms with Crippen LogP contribution in [0.15, 0.2) is 48.5 Å². The molecule has 0 aromatic heterocycles. The second kappa shape index (κ2) is 7.75. The van der Waals surface area contributed by atoms with Gasteiger partial charge in [-0.2, -0.15) is 0 Å². The van der Waals surface area contributed by atoms with Gasteiger partial charge in [0.1, 0.15) is 5.75 Å². The Morgan fingerprint density at radius 1 is 1.24 bits per heavy atom. The maximum atomic E-state index is 13.3. The molecule has 2 aromatic rings. The zero-order chi connectivity index (χ0) is 20.4. The summed E-state index contributed by atoms with van der Waals surface area (Å²) in [5.41, 5.74) is 1.06. The van der Waals surface area contributed by atoms with Gasteiger partial charge in [-0.05, 0) is 30.7 Å². The lowest BCUT2D eigenvalue weighted by Crippen LogP contribution is -2.45. The molecule has 0 spiro atoms. The average molecular weight is 396 g/mol. The number of carboxylic acid groups (broad SMARTS) is 1. The number of aliphatic carboxylic acids is 1. The molecular weight excluding hydrogens is 372 g/mol. The Balaban J connectivity index is 1.59. The third-order valence-electron chi connectivity index (χ3n) is 5.93. The summed E-state index contributed by atoms with van der Waals surface area (Å²) in [5, 5.41) is 13.1. The molecule has 2 aromatic carbocycles. The van der Waals surface area contributed by atoms with Crippen molar-refractivity contribution in [3.05, 3.63) is 54.1 Å². The summed E-state index contributed by atoms with van der Waals surface area (Å²) in [6.45, 7) is 1.39. The number of likely N-dealkylation sites (tertiary alicyclic amines) is 1. The summed E-state index contributed by atoms with van der Waals surface area (Å²) < 4.78 is 10.7. The van der Waals surface area contributed by atoms with Crippen LogP contribution in [0, 0.1) is 11.3 Å². The first-order valence-electron chi connectivity index (χ1n) is 9.64. The predicted octanol–water partition coefficient (Wildman–Crippen LogP) is 3.00. The zero-order valence-corrected chi connectivity index (χ0v) is 16.3. The molecule has 0 unspecified atom stereocenters. The molecule has 2 saturated heterocycles. The molecule has 7 nitrogen and oxygen atoms in total. The second-order valence-electron chi connectivity index (χ2n) is 7.57. The Morgan fingerprint density at radius 2 is 2.07 bits per heavy atom. The SMILES string of the molecule is COc1cccc(Nc2ccccc2C(=O)N2C[C@H]3COCC[C@@]3(C(=O)O)C2)c1. The molecular formula is C22H24N2O5. The molecule has 2 heterocycles. The fourth-order valence-corrected chi connectivity index (χ4v) is 4.26. The number of nitrogens with zero attached hydrogens (tertiary/aromatic N) is 1. The van der Waals surface area contributed by atoms with Crippen molar-refractivity contribution in [3.8, 4) is 5.75 Å². The molecule has 0 radical (unpaired) electrons. The fourth-order valence-electron chi connectivity index (χ4n) is 4.26. The van der Waals surface area contributed by atoms with Crippen molar-refractivity contribution >= 4 is 23.3 Å². The number of nitrogens with one attached hydrogen (secondary N) is 1. The lowest BCUT2D eigenvalue weighted by molar-refractivity contribution is -0.157. The number of hydrogen-bond donors (Lipinski definition) is 2. The van der Waals surface area contributed by atoms with E-state index in [2.05, 4.69) is 5.32 Å². The molecule has 4 rings (SSSR count). The minimum absolute atomic E-state index is 0.175. The number of hydrogen-bond acceptors (Lipinski definition) is 5. The maximum absolute atomic E-state index is 13.3. The van der Waals surface area contributed by atoms with Crippen molar-refractivity contribution < 1.29 is 24.2 Å². The number of carbonyl (C=O) groups is 2. The number of rotatable bonds is 5. The quantitative estimate of drug-likeness (QED) is 0.808. The number of anilines is 2. The minimum Gasteiger partial charge on any atom is -0.497 e. The molecule has 29 heavy (non-hydrogen) atoms. The molecule has 0 aliphatic carbocycles. The zero-order valence-electron chi connectivity index (χ0n) is 16.3. The standard InChI is InChI=1S/C22H24N2O5/c1-28-17-6-4-5-16(11-17)23-19-8-3-2-7-18(19)20(25)24-12-15-13-29-10-9-22(15,14-24)21(26)27/h2-8,11,15,23H,9-10,12-14H2,1H3,(H,26,27)/t15-,22+/m0/s1. The van der Waals surface area contributed by atoms with Crippen molar-refractivity contribution in [2.24, 2.45) is 11.3 Å². The Morgan fingerprint density at radius 3 is 2.83 bits per heavy atom. The summed E-state index contributed by atoms with van der Waals surface area (Å²) in [6, 6.07) is 14.7. The normalized spacial score (nSPS) is 23.3. The molecule has 2 aliphatic heterocycles. The van der Waals surface area contributed by atoms with E-state index >= 15 is 0 Å². The van der Waals surface area contributed by atoms with Crippen molar-refractivity contribution in [2.75, 3.05) is 38.7 Å². The lowest BCUT2D eigenvalue weighted by atomic mass is 9.74. The van der Waals surface area contributed by atoms with Crippen LogP contribution >= 0.6 is 0 Å². The first-order valence-corrected chi connectivity index (χ1v) is 9.64. The van der Waals surface area contributed by atoms with E-state index in [0.717, 1.165) is 5.69 Å². The van der Waals surface area contributed by atoms with Crippen LogP contribution in [-0.2, 0) is 9.53 Å². The number of carboxylic acids is 1. The van der Waals surface area contributed by atoms with Crippen LogP contribution in [0.4, 0.5) is 11.4 Å². The number of amides is 1. The number of benzene rings is 2. The minimum atomic E-state index is -0.914. The van der Waals surface area contributed by atoms with Gasteiger partial charge in [-0.25, -0.2) is 0 Å². The van der Waals surface area contributed by atoms with Crippen LogP contribution in [0.3, 0.4) is 0 Å². The second-order valence-corrected chi connectivity index (χ2v) is 7.57. The van der Waals surface area contributed by atoms with Crippen molar-refractivity contribution in [3.63, 3.8) is 0 Å². The monoisotopic (exact) mass is 396 g/mol. The molecule has 0 saturated carbocycles. The number of methoxy groups -OCH3 is 1. The molecule has 152 valence electrons. The summed E-state index contributed by atoms with van der Waals surface area (Å²) in [4.78, 5) is 27.0. The molecule has 1 amide bonds. The highest BCUT2D eigenvalue weighted by Crippen LogP contribution is 2.43. The third kappa shape index (κ3) is 3.53. The van der Waals surface area contributed by atoms with Crippen LogP contribution in [-0.4, -0.2) is 55.3 Å². The summed E-state index contributed by atoms with van der Waals surface area (Å²) >= 11 is 0. The predicted molar refractivity (Wildman–Crippen MR) is 108 cm³/mol. The van der Waals surface area contributed by atoms with Gasteiger partial charge in [0.2, 0.25) is 0 Å². The van der Waals surface area contributed by atoms with Gasteiger partial charge < -0.3 is 24.8 Å². The van der Waals surface area contributed by atoms with Crippen LogP contribution in [0.2, 0.25) is 0 Å². The summed E-state index contributed by atoms with van der Waals surface area (Å²) in [6.07, 6.45) is 0.431. The average Bonchev–Trinajstić information content (AvgIpc) is 3.15. The molecule has 2 aliphatic rings. The Kier molecular flexibility index (Phi) is 5.15. The number of carbonyl (C=O) groups excluding carboxylic acids is 1. The first kappa shape index (κ1) is 19.3.